The van der Waals surface area contributed by atoms with E-state index < -0.39 is 17.5 Å². The van der Waals surface area contributed by atoms with Crippen LogP contribution >= 0.6 is 0 Å². The standard InChI is InChI=1S/C14H20F2N2O/c1-14(2,3)8-18(5)13(19)9-6-10(15)12(17-4)11(16)7-9/h6-7,17H,8H2,1-5H3. The molecule has 0 unspecified atom stereocenters. The molecule has 0 fully saturated rings. The first-order valence-corrected chi connectivity index (χ1v) is 6.08. The highest BCUT2D eigenvalue weighted by molar-refractivity contribution is 5.94. The summed E-state index contributed by atoms with van der Waals surface area (Å²) in [5.74, 6) is -1.93. The summed E-state index contributed by atoms with van der Waals surface area (Å²) in [6.45, 7) is 6.47. The molecule has 106 valence electrons. The number of halogens is 2. The third kappa shape index (κ3) is 3.91. The van der Waals surface area contributed by atoms with E-state index in [1.54, 1.807) is 7.05 Å². The van der Waals surface area contributed by atoms with Gasteiger partial charge in [0.15, 0.2) is 0 Å². The van der Waals surface area contributed by atoms with Crippen LogP contribution in [0.3, 0.4) is 0 Å². The first kappa shape index (κ1) is 15.4. The molecule has 3 nitrogen and oxygen atoms in total. The van der Waals surface area contributed by atoms with Gasteiger partial charge in [0, 0.05) is 26.2 Å². The van der Waals surface area contributed by atoms with E-state index in [4.69, 9.17) is 0 Å². The molecule has 0 saturated heterocycles. The van der Waals surface area contributed by atoms with Crippen LogP contribution in [0.25, 0.3) is 0 Å². The van der Waals surface area contributed by atoms with Crippen LogP contribution < -0.4 is 5.32 Å². The number of hydrogen-bond acceptors (Lipinski definition) is 2. The Kier molecular flexibility index (Phi) is 4.50. The second-order valence-electron chi connectivity index (χ2n) is 5.79. The summed E-state index contributed by atoms with van der Waals surface area (Å²) in [6, 6.07) is 2.10. The van der Waals surface area contributed by atoms with Crippen LogP contribution in [0.5, 0.6) is 0 Å². The van der Waals surface area contributed by atoms with Crippen molar-refractivity contribution in [2.24, 2.45) is 5.41 Å². The van der Waals surface area contributed by atoms with E-state index in [2.05, 4.69) is 5.32 Å². The number of carbonyl (C=O) groups excluding carboxylic acids is 1. The minimum Gasteiger partial charge on any atom is -0.383 e. The molecule has 0 bridgehead atoms. The second-order valence-corrected chi connectivity index (χ2v) is 5.79. The van der Waals surface area contributed by atoms with Gasteiger partial charge in [0.1, 0.15) is 17.3 Å². The molecule has 0 aliphatic carbocycles. The van der Waals surface area contributed by atoms with E-state index in [1.165, 1.54) is 11.9 Å². The SMILES string of the molecule is CNc1c(F)cc(C(=O)N(C)CC(C)(C)C)cc1F. The van der Waals surface area contributed by atoms with Gasteiger partial charge in [0.25, 0.3) is 5.91 Å². The average Bonchev–Trinajstić information content (AvgIpc) is 2.25. The fourth-order valence-corrected chi connectivity index (χ4v) is 1.94. The number of amides is 1. The molecular formula is C14H20F2N2O. The molecule has 1 aromatic rings. The summed E-state index contributed by atoms with van der Waals surface area (Å²) in [5.41, 5.74) is -0.289. The fourth-order valence-electron chi connectivity index (χ4n) is 1.94. The molecule has 0 radical (unpaired) electrons. The van der Waals surface area contributed by atoms with Gasteiger partial charge in [-0.1, -0.05) is 20.8 Å². The van der Waals surface area contributed by atoms with Crippen LogP contribution in [0.1, 0.15) is 31.1 Å². The van der Waals surface area contributed by atoms with Crippen LogP contribution in [0.4, 0.5) is 14.5 Å². The Morgan fingerprint density at radius 3 is 2.11 bits per heavy atom. The zero-order chi connectivity index (χ0) is 14.8. The molecular weight excluding hydrogens is 250 g/mol. The summed E-state index contributed by atoms with van der Waals surface area (Å²) in [7, 11) is 3.05. The topological polar surface area (TPSA) is 32.3 Å². The molecule has 0 aromatic heterocycles. The van der Waals surface area contributed by atoms with Gasteiger partial charge in [0.2, 0.25) is 0 Å². The van der Waals surface area contributed by atoms with E-state index >= 15 is 0 Å². The lowest BCUT2D eigenvalue weighted by molar-refractivity contribution is 0.0744. The Bertz CT molecular complexity index is 458. The number of nitrogens with one attached hydrogen (secondary N) is 1. The van der Waals surface area contributed by atoms with E-state index in [1.807, 2.05) is 20.8 Å². The number of rotatable bonds is 3. The van der Waals surface area contributed by atoms with Crippen molar-refractivity contribution in [2.45, 2.75) is 20.8 Å². The fraction of sp³-hybridized carbons (Fsp3) is 0.500. The molecule has 1 N–H and O–H groups in total. The minimum absolute atomic E-state index is 0.0146. The monoisotopic (exact) mass is 270 g/mol. The molecule has 0 atom stereocenters. The number of nitrogens with zero attached hydrogens (tertiary/aromatic N) is 1. The van der Waals surface area contributed by atoms with Crippen molar-refractivity contribution in [1.29, 1.82) is 0 Å². The van der Waals surface area contributed by atoms with E-state index in [9.17, 15) is 13.6 Å². The number of benzene rings is 1. The van der Waals surface area contributed by atoms with E-state index in [-0.39, 0.29) is 16.7 Å². The Hall–Kier alpha value is -1.65. The van der Waals surface area contributed by atoms with E-state index in [0.717, 1.165) is 12.1 Å². The van der Waals surface area contributed by atoms with Gasteiger partial charge in [-0.05, 0) is 17.5 Å². The number of anilines is 1. The molecule has 0 aliphatic heterocycles. The zero-order valence-corrected chi connectivity index (χ0v) is 12.0. The zero-order valence-electron chi connectivity index (χ0n) is 12.0. The maximum Gasteiger partial charge on any atom is 0.253 e. The van der Waals surface area contributed by atoms with Gasteiger partial charge < -0.3 is 10.2 Å². The quantitative estimate of drug-likeness (QED) is 0.915. The van der Waals surface area contributed by atoms with Crippen molar-refractivity contribution in [3.8, 4) is 0 Å². The highest BCUT2D eigenvalue weighted by Crippen LogP contribution is 2.22. The molecule has 1 aromatic carbocycles. The maximum atomic E-state index is 13.6. The second kappa shape index (κ2) is 5.55. The first-order chi connectivity index (χ1) is 8.65. The van der Waals surface area contributed by atoms with E-state index in [0.29, 0.717) is 6.54 Å². The highest BCUT2D eigenvalue weighted by atomic mass is 19.1. The van der Waals surface area contributed by atoms with Crippen LogP contribution in [0.2, 0.25) is 0 Å². The molecule has 0 saturated carbocycles. The largest absolute Gasteiger partial charge is 0.383 e. The Balaban J connectivity index is 3.01. The molecule has 5 heteroatoms. The lowest BCUT2D eigenvalue weighted by Crippen LogP contribution is -2.34. The molecule has 0 aliphatic rings. The lowest BCUT2D eigenvalue weighted by atomic mass is 9.96. The summed E-state index contributed by atoms with van der Waals surface area (Å²) in [6.07, 6.45) is 0. The maximum absolute atomic E-state index is 13.6. The molecule has 1 amide bonds. The van der Waals surface area contributed by atoms with Crippen LogP contribution in [-0.2, 0) is 0 Å². The summed E-state index contributed by atoms with van der Waals surface area (Å²) in [5, 5.41) is 2.42. The van der Waals surface area contributed by atoms with Gasteiger partial charge >= 0.3 is 0 Å². The van der Waals surface area contributed by atoms with Crippen molar-refractivity contribution < 1.29 is 13.6 Å². The van der Waals surface area contributed by atoms with Crippen LogP contribution in [0, 0.1) is 17.0 Å². The predicted molar refractivity (Wildman–Crippen MR) is 72.3 cm³/mol. The highest BCUT2D eigenvalue weighted by Gasteiger charge is 2.21. The Morgan fingerprint density at radius 1 is 1.26 bits per heavy atom. The van der Waals surface area contributed by atoms with Gasteiger partial charge in [-0.3, -0.25) is 4.79 Å². The van der Waals surface area contributed by atoms with Gasteiger partial charge in [0.05, 0.1) is 0 Å². The third-order valence-electron chi connectivity index (χ3n) is 2.60. The lowest BCUT2D eigenvalue weighted by Gasteiger charge is -2.26. The smallest absolute Gasteiger partial charge is 0.253 e. The Labute approximate surface area is 112 Å². The average molecular weight is 270 g/mol. The van der Waals surface area contributed by atoms with Crippen LogP contribution in [-0.4, -0.2) is 31.4 Å². The predicted octanol–water partition coefficient (Wildman–Crippen LogP) is 3.12. The minimum atomic E-state index is -0.769. The molecule has 0 heterocycles. The number of carbonyl (C=O) groups is 1. The summed E-state index contributed by atoms with van der Waals surface area (Å²) >= 11 is 0. The van der Waals surface area contributed by atoms with Crippen molar-refractivity contribution in [2.75, 3.05) is 26.0 Å². The normalized spacial score (nSPS) is 11.3. The summed E-state index contributed by atoms with van der Waals surface area (Å²) < 4.78 is 27.2. The van der Waals surface area contributed by atoms with Crippen molar-refractivity contribution in [3.63, 3.8) is 0 Å². The Morgan fingerprint density at radius 2 is 1.74 bits per heavy atom. The third-order valence-corrected chi connectivity index (χ3v) is 2.60. The first-order valence-electron chi connectivity index (χ1n) is 6.08. The van der Waals surface area contributed by atoms with Crippen LogP contribution in [0.15, 0.2) is 12.1 Å². The van der Waals surface area contributed by atoms with Gasteiger partial charge in [-0.25, -0.2) is 8.78 Å². The van der Waals surface area contributed by atoms with Crippen molar-refractivity contribution >= 4 is 11.6 Å². The summed E-state index contributed by atoms with van der Waals surface area (Å²) in [4.78, 5) is 13.6. The van der Waals surface area contributed by atoms with Gasteiger partial charge in [-0.15, -0.1) is 0 Å². The molecule has 1 rings (SSSR count). The molecule has 0 spiro atoms. The molecule has 19 heavy (non-hydrogen) atoms. The van der Waals surface area contributed by atoms with Crippen molar-refractivity contribution in [3.05, 3.63) is 29.3 Å². The van der Waals surface area contributed by atoms with Crippen molar-refractivity contribution in [1.82, 2.24) is 4.90 Å². The number of hydrogen-bond donors (Lipinski definition) is 1. The van der Waals surface area contributed by atoms with Gasteiger partial charge in [-0.2, -0.15) is 0 Å².